The molecule has 4 heteroatoms. The van der Waals surface area contributed by atoms with Gasteiger partial charge >= 0.3 is 0 Å². The van der Waals surface area contributed by atoms with E-state index in [4.69, 9.17) is 11.6 Å². The van der Waals surface area contributed by atoms with E-state index in [1.54, 1.807) is 11.3 Å². The summed E-state index contributed by atoms with van der Waals surface area (Å²) in [6, 6.07) is 8.27. The largest absolute Gasteiger partial charge is 0.388 e. The molecule has 0 radical (unpaired) electrons. The van der Waals surface area contributed by atoms with Crippen molar-refractivity contribution in [3.05, 3.63) is 56.5 Å². The lowest BCUT2D eigenvalue weighted by Crippen LogP contribution is -2.03. The van der Waals surface area contributed by atoms with Crippen LogP contribution >= 0.6 is 22.9 Å². The zero-order valence-electron chi connectivity index (χ0n) is 9.99. The molecule has 1 unspecified atom stereocenters. The van der Waals surface area contributed by atoms with E-state index in [-0.39, 0.29) is 5.56 Å². The third-order valence-corrected chi connectivity index (χ3v) is 4.26. The Morgan fingerprint density at radius 2 is 2.00 bits per heavy atom. The summed E-state index contributed by atoms with van der Waals surface area (Å²) >= 11 is 7.47. The number of rotatable bonds is 4. The Morgan fingerprint density at radius 1 is 1.28 bits per heavy atom. The van der Waals surface area contributed by atoms with Gasteiger partial charge in [-0.1, -0.05) is 18.5 Å². The third-order valence-electron chi connectivity index (χ3n) is 2.78. The fourth-order valence-electron chi connectivity index (χ4n) is 1.79. The van der Waals surface area contributed by atoms with Crippen LogP contribution in [0.2, 0.25) is 5.02 Å². The van der Waals surface area contributed by atoms with Crippen molar-refractivity contribution in [1.82, 2.24) is 0 Å². The Labute approximate surface area is 115 Å². The summed E-state index contributed by atoms with van der Waals surface area (Å²) in [5.74, 6) is -0.417. The molecule has 0 aliphatic heterocycles. The highest BCUT2D eigenvalue weighted by molar-refractivity contribution is 7.11. The lowest BCUT2D eigenvalue weighted by Gasteiger charge is -2.11. The summed E-state index contributed by atoms with van der Waals surface area (Å²) in [4.78, 5) is 2.32. The molecule has 2 rings (SSSR count). The zero-order valence-corrected chi connectivity index (χ0v) is 11.6. The van der Waals surface area contributed by atoms with Gasteiger partial charge < -0.3 is 5.11 Å². The topological polar surface area (TPSA) is 20.2 Å². The number of hydrogen-bond acceptors (Lipinski definition) is 2. The van der Waals surface area contributed by atoms with Gasteiger partial charge in [0.1, 0.15) is 5.82 Å². The molecular weight excluding hydrogens is 271 g/mol. The molecule has 0 fully saturated rings. The Bertz CT molecular complexity index is 538. The van der Waals surface area contributed by atoms with Gasteiger partial charge in [-0.3, -0.25) is 0 Å². The molecule has 1 aromatic heterocycles. The normalized spacial score (nSPS) is 12.7. The van der Waals surface area contributed by atoms with Crippen LogP contribution < -0.4 is 0 Å². The molecule has 0 aliphatic rings. The maximum absolute atomic E-state index is 13.6. The van der Waals surface area contributed by atoms with Gasteiger partial charge in [-0.2, -0.15) is 0 Å². The molecule has 0 saturated carbocycles. The van der Waals surface area contributed by atoms with Gasteiger partial charge in [0.2, 0.25) is 0 Å². The van der Waals surface area contributed by atoms with Gasteiger partial charge in [0.15, 0.2) is 0 Å². The van der Waals surface area contributed by atoms with Crippen molar-refractivity contribution in [2.75, 3.05) is 0 Å². The number of benzene rings is 1. The van der Waals surface area contributed by atoms with Crippen LogP contribution in [0.25, 0.3) is 0 Å². The van der Waals surface area contributed by atoms with Gasteiger partial charge in [0, 0.05) is 26.8 Å². The average Bonchev–Trinajstić information content (AvgIpc) is 2.80. The molecule has 0 aliphatic carbocycles. The molecule has 2 aromatic rings. The predicted octanol–water partition coefficient (Wildman–Crippen LogP) is 4.38. The highest BCUT2D eigenvalue weighted by atomic mass is 35.5. The van der Waals surface area contributed by atoms with Gasteiger partial charge in [0.25, 0.3) is 0 Å². The predicted molar refractivity (Wildman–Crippen MR) is 73.8 cm³/mol. The minimum atomic E-state index is -0.855. The Hall–Kier alpha value is -0.900. The third kappa shape index (κ3) is 3.10. The molecule has 1 N–H and O–H groups in total. The molecule has 0 saturated heterocycles. The van der Waals surface area contributed by atoms with Crippen molar-refractivity contribution >= 4 is 22.9 Å². The van der Waals surface area contributed by atoms with E-state index in [1.165, 1.54) is 23.1 Å². The summed E-state index contributed by atoms with van der Waals surface area (Å²) in [6.07, 6.45) is 0.542. The summed E-state index contributed by atoms with van der Waals surface area (Å²) in [6.45, 7) is 2.09. The first-order chi connectivity index (χ1) is 8.60. The molecule has 1 nitrogen and oxygen atoms in total. The highest BCUT2D eigenvalue weighted by Gasteiger charge is 2.15. The Morgan fingerprint density at radius 3 is 2.67 bits per heavy atom. The second-order valence-corrected chi connectivity index (χ2v) is 5.80. The first-order valence-electron chi connectivity index (χ1n) is 5.80. The molecule has 1 atom stereocenters. The molecule has 1 aromatic carbocycles. The molecule has 96 valence electrons. The standard InChI is InChI=1S/C14H14ClFOS/c1-2-10-4-5-11(18-10)8-14(17)12-7-9(15)3-6-13(12)16/h3-7,14,17H,2,8H2,1H3. The van der Waals surface area contributed by atoms with Crippen molar-refractivity contribution in [3.8, 4) is 0 Å². The smallest absolute Gasteiger partial charge is 0.129 e. The van der Waals surface area contributed by atoms with Crippen molar-refractivity contribution in [1.29, 1.82) is 0 Å². The average molecular weight is 285 g/mol. The van der Waals surface area contributed by atoms with Gasteiger partial charge in [-0.25, -0.2) is 4.39 Å². The van der Waals surface area contributed by atoms with E-state index >= 15 is 0 Å². The number of aryl methyl sites for hydroxylation is 1. The van der Waals surface area contributed by atoms with Gasteiger partial charge in [-0.05, 0) is 36.8 Å². The maximum Gasteiger partial charge on any atom is 0.129 e. The van der Waals surface area contributed by atoms with E-state index in [0.717, 1.165) is 11.3 Å². The lowest BCUT2D eigenvalue weighted by atomic mass is 10.1. The first-order valence-corrected chi connectivity index (χ1v) is 7.00. The van der Waals surface area contributed by atoms with Crippen LogP contribution in [0.5, 0.6) is 0 Å². The first kappa shape index (κ1) is 13.5. The lowest BCUT2D eigenvalue weighted by molar-refractivity contribution is 0.174. The van der Waals surface area contributed by atoms with Crippen molar-refractivity contribution in [2.45, 2.75) is 25.9 Å². The quantitative estimate of drug-likeness (QED) is 0.883. The number of hydrogen-bond donors (Lipinski definition) is 1. The maximum atomic E-state index is 13.6. The molecule has 0 amide bonds. The van der Waals surface area contributed by atoms with E-state index in [9.17, 15) is 9.50 Å². The van der Waals surface area contributed by atoms with E-state index in [2.05, 4.69) is 6.92 Å². The SMILES string of the molecule is CCc1ccc(CC(O)c2cc(Cl)ccc2F)s1. The summed E-state index contributed by atoms with van der Waals surface area (Å²) in [5.41, 5.74) is 0.258. The Balaban J connectivity index is 2.16. The minimum absolute atomic E-state index is 0.258. The minimum Gasteiger partial charge on any atom is -0.388 e. The fourth-order valence-corrected chi connectivity index (χ4v) is 2.97. The van der Waals surface area contributed by atoms with Crippen LogP contribution in [0.15, 0.2) is 30.3 Å². The van der Waals surface area contributed by atoms with Crippen molar-refractivity contribution in [2.24, 2.45) is 0 Å². The number of aliphatic hydroxyl groups is 1. The van der Waals surface area contributed by atoms with E-state index < -0.39 is 11.9 Å². The number of halogens is 2. The molecule has 0 spiro atoms. The zero-order chi connectivity index (χ0) is 13.1. The van der Waals surface area contributed by atoms with Crippen LogP contribution in [-0.4, -0.2) is 5.11 Å². The summed E-state index contributed by atoms with van der Waals surface area (Å²) < 4.78 is 13.6. The summed E-state index contributed by atoms with van der Waals surface area (Å²) in [5, 5.41) is 10.5. The van der Waals surface area contributed by atoms with Crippen molar-refractivity contribution < 1.29 is 9.50 Å². The van der Waals surface area contributed by atoms with Crippen LogP contribution in [0.1, 0.15) is 28.3 Å². The number of aliphatic hydroxyl groups excluding tert-OH is 1. The summed E-state index contributed by atoms with van der Waals surface area (Å²) in [7, 11) is 0. The fraction of sp³-hybridized carbons (Fsp3) is 0.286. The number of thiophene rings is 1. The van der Waals surface area contributed by atoms with Crippen LogP contribution in [0.4, 0.5) is 4.39 Å². The van der Waals surface area contributed by atoms with Crippen LogP contribution in [-0.2, 0) is 12.8 Å². The van der Waals surface area contributed by atoms with E-state index in [1.807, 2.05) is 12.1 Å². The van der Waals surface area contributed by atoms with Gasteiger partial charge in [0.05, 0.1) is 6.10 Å². The highest BCUT2D eigenvalue weighted by Crippen LogP contribution is 2.27. The molecule has 18 heavy (non-hydrogen) atoms. The second kappa shape index (κ2) is 5.83. The second-order valence-electron chi connectivity index (χ2n) is 4.11. The molecule has 1 heterocycles. The van der Waals surface area contributed by atoms with Crippen LogP contribution in [0, 0.1) is 5.82 Å². The van der Waals surface area contributed by atoms with Crippen LogP contribution in [0.3, 0.4) is 0 Å². The molecular formula is C14H14ClFOS. The monoisotopic (exact) mass is 284 g/mol. The Kier molecular flexibility index (Phi) is 4.38. The molecule has 0 bridgehead atoms. The van der Waals surface area contributed by atoms with E-state index in [0.29, 0.717) is 11.4 Å². The van der Waals surface area contributed by atoms with Gasteiger partial charge in [-0.15, -0.1) is 11.3 Å². The van der Waals surface area contributed by atoms with Crippen molar-refractivity contribution in [3.63, 3.8) is 0 Å².